The lowest BCUT2D eigenvalue weighted by atomic mass is 10.0. The molecule has 2 aromatic rings. The van der Waals surface area contributed by atoms with Gasteiger partial charge in [0.25, 0.3) is 5.91 Å². The van der Waals surface area contributed by atoms with Gasteiger partial charge in [-0.05, 0) is 41.3 Å². The summed E-state index contributed by atoms with van der Waals surface area (Å²) in [5.41, 5.74) is 0.769. The zero-order valence-electron chi connectivity index (χ0n) is 15.7. The number of nitrogens with one attached hydrogen (secondary N) is 1. The van der Waals surface area contributed by atoms with Gasteiger partial charge in [0.1, 0.15) is 0 Å². The van der Waals surface area contributed by atoms with Gasteiger partial charge < -0.3 is 10.1 Å². The molecule has 0 radical (unpaired) electrons. The molecule has 0 aliphatic carbocycles. The average Bonchev–Trinajstić information content (AvgIpc) is 2.66. The zero-order valence-corrected chi connectivity index (χ0v) is 16.5. The molecule has 0 saturated carbocycles. The Morgan fingerprint density at radius 3 is 2.38 bits per heavy atom. The van der Waals surface area contributed by atoms with Crippen molar-refractivity contribution in [1.29, 1.82) is 0 Å². The van der Waals surface area contributed by atoms with Crippen molar-refractivity contribution in [3.63, 3.8) is 0 Å². The fourth-order valence-electron chi connectivity index (χ4n) is 2.32. The molecule has 0 aliphatic rings. The number of anilines is 1. The minimum absolute atomic E-state index is 0.0672. The number of ether oxygens (including phenoxy) is 1. The molecule has 0 aliphatic heterocycles. The van der Waals surface area contributed by atoms with E-state index in [1.807, 2.05) is 24.3 Å². The molecule has 8 heteroatoms. The van der Waals surface area contributed by atoms with E-state index in [1.54, 1.807) is 0 Å². The van der Waals surface area contributed by atoms with Crippen LogP contribution >= 0.6 is 11.6 Å². The first-order valence-corrected chi connectivity index (χ1v) is 9.05. The fourth-order valence-corrected chi connectivity index (χ4v) is 2.49. The van der Waals surface area contributed by atoms with Crippen LogP contribution in [0, 0.1) is 0 Å². The van der Waals surface area contributed by atoms with Crippen LogP contribution in [-0.2, 0) is 20.5 Å². The summed E-state index contributed by atoms with van der Waals surface area (Å²) in [5.74, 6) is -1.18. The number of halogens is 4. The highest BCUT2D eigenvalue weighted by molar-refractivity contribution is 6.33. The summed E-state index contributed by atoms with van der Waals surface area (Å²) in [4.78, 5) is 23.6. The van der Waals surface area contributed by atoms with Crippen LogP contribution in [0.15, 0.2) is 48.5 Å². The summed E-state index contributed by atoms with van der Waals surface area (Å²) in [6.45, 7) is 3.47. The Kier molecular flexibility index (Phi) is 7.45. The van der Waals surface area contributed by atoms with Crippen LogP contribution in [0.4, 0.5) is 18.9 Å². The lowest BCUT2D eigenvalue weighted by Crippen LogP contribution is -2.20. The number of carbonyl (C=O) groups is 2. The molecule has 2 aromatic carbocycles. The van der Waals surface area contributed by atoms with E-state index in [9.17, 15) is 22.8 Å². The topological polar surface area (TPSA) is 55.4 Å². The Bertz CT molecular complexity index is 906. The van der Waals surface area contributed by atoms with E-state index in [4.69, 9.17) is 16.3 Å². The van der Waals surface area contributed by atoms with Gasteiger partial charge in [0.15, 0.2) is 6.61 Å². The molecule has 0 spiro atoms. The van der Waals surface area contributed by atoms with Crippen LogP contribution in [0.1, 0.15) is 36.5 Å². The number of benzene rings is 2. The molecule has 2 rings (SSSR count). The molecule has 0 atom stereocenters. The Labute approximate surface area is 171 Å². The van der Waals surface area contributed by atoms with Crippen LogP contribution in [0.3, 0.4) is 0 Å². The normalized spacial score (nSPS) is 11.7. The molecule has 29 heavy (non-hydrogen) atoms. The van der Waals surface area contributed by atoms with Crippen molar-refractivity contribution in [2.45, 2.75) is 25.9 Å². The molecule has 1 amide bonds. The summed E-state index contributed by atoms with van der Waals surface area (Å²) in [7, 11) is 0. The number of hydrogen-bond acceptors (Lipinski definition) is 3. The second-order valence-corrected chi connectivity index (χ2v) is 6.91. The third-order valence-electron chi connectivity index (χ3n) is 3.93. The first kappa shape index (κ1) is 22.5. The van der Waals surface area contributed by atoms with Crippen molar-refractivity contribution < 1.29 is 27.5 Å². The van der Waals surface area contributed by atoms with Gasteiger partial charge in [0.2, 0.25) is 0 Å². The maximum absolute atomic E-state index is 12.7. The van der Waals surface area contributed by atoms with Crippen LogP contribution in [0.5, 0.6) is 0 Å². The quantitative estimate of drug-likeness (QED) is 0.478. The Hall–Kier alpha value is -2.80. The monoisotopic (exact) mass is 425 g/mol. The molecule has 0 unspecified atom stereocenters. The predicted octanol–water partition coefficient (Wildman–Crippen LogP) is 5.68. The molecule has 4 nitrogen and oxygen atoms in total. The van der Waals surface area contributed by atoms with Gasteiger partial charge in [0.05, 0.1) is 16.3 Å². The summed E-state index contributed by atoms with van der Waals surface area (Å²) >= 11 is 5.80. The fraction of sp³-hybridized carbons (Fsp3) is 0.238. The van der Waals surface area contributed by atoms with Crippen molar-refractivity contribution in [2.24, 2.45) is 0 Å². The van der Waals surface area contributed by atoms with Crippen LogP contribution < -0.4 is 5.32 Å². The Morgan fingerprint density at radius 1 is 1.14 bits per heavy atom. The Morgan fingerprint density at radius 2 is 1.79 bits per heavy atom. The third-order valence-corrected chi connectivity index (χ3v) is 4.26. The van der Waals surface area contributed by atoms with Crippen molar-refractivity contribution >= 4 is 35.2 Å². The maximum Gasteiger partial charge on any atom is 0.416 e. The van der Waals surface area contributed by atoms with E-state index in [-0.39, 0.29) is 10.7 Å². The second kappa shape index (κ2) is 9.60. The van der Waals surface area contributed by atoms with E-state index >= 15 is 0 Å². The van der Waals surface area contributed by atoms with Crippen molar-refractivity contribution in [2.75, 3.05) is 11.9 Å². The number of amides is 1. The van der Waals surface area contributed by atoms with Crippen LogP contribution in [0.25, 0.3) is 6.08 Å². The van der Waals surface area contributed by atoms with E-state index in [2.05, 4.69) is 19.2 Å². The highest BCUT2D eigenvalue weighted by Gasteiger charge is 2.31. The first-order valence-electron chi connectivity index (χ1n) is 8.67. The van der Waals surface area contributed by atoms with Gasteiger partial charge in [-0.15, -0.1) is 0 Å². The summed E-state index contributed by atoms with van der Waals surface area (Å²) in [5, 5.41) is 2.13. The van der Waals surface area contributed by atoms with Gasteiger partial charge in [-0.3, -0.25) is 4.79 Å². The SMILES string of the molecule is CC(C)c1ccc(/C=C/C(=O)OCC(=O)Nc2cc(C(F)(F)F)ccc2Cl)cc1. The van der Waals surface area contributed by atoms with E-state index in [1.165, 1.54) is 6.08 Å². The zero-order chi connectivity index (χ0) is 21.6. The van der Waals surface area contributed by atoms with Gasteiger partial charge in [-0.1, -0.05) is 49.7 Å². The van der Waals surface area contributed by atoms with Gasteiger partial charge >= 0.3 is 12.1 Å². The highest BCUT2D eigenvalue weighted by Crippen LogP contribution is 2.33. The van der Waals surface area contributed by atoms with E-state index < -0.39 is 30.2 Å². The largest absolute Gasteiger partial charge is 0.452 e. The number of esters is 1. The van der Waals surface area contributed by atoms with Crippen molar-refractivity contribution in [3.05, 3.63) is 70.3 Å². The van der Waals surface area contributed by atoms with E-state index in [0.29, 0.717) is 12.0 Å². The van der Waals surface area contributed by atoms with Gasteiger partial charge in [0, 0.05) is 6.08 Å². The lowest BCUT2D eigenvalue weighted by molar-refractivity contribution is -0.142. The molecular formula is C21H19ClF3NO3. The molecule has 0 aromatic heterocycles. The standard InChI is InChI=1S/C21H19ClF3NO3/c1-13(2)15-6-3-14(4-7-15)5-10-20(28)29-12-19(27)26-18-11-16(21(23,24)25)8-9-17(18)22/h3-11,13H,12H2,1-2H3,(H,26,27)/b10-5+. The molecule has 1 N–H and O–H groups in total. The highest BCUT2D eigenvalue weighted by atomic mass is 35.5. The molecule has 0 fully saturated rings. The molecule has 0 saturated heterocycles. The second-order valence-electron chi connectivity index (χ2n) is 6.50. The lowest BCUT2D eigenvalue weighted by Gasteiger charge is -2.11. The van der Waals surface area contributed by atoms with Crippen molar-refractivity contribution in [3.8, 4) is 0 Å². The molecule has 0 bridgehead atoms. The number of hydrogen-bond donors (Lipinski definition) is 1. The predicted molar refractivity (Wildman–Crippen MR) is 106 cm³/mol. The molecular weight excluding hydrogens is 407 g/mol. The van der Waals surface area contributed by atoms with Gasteiger partial charge in [-0.25, -0.2) is 4.79 Å². The minimum Gasteiger partial charge on any atom is -0.452 e. The molecule has 0 heterocycles. The number of alkyl halides is 3. The summed E-state index contributed by atoms with van der Waals surface area (Å²) in [6, 6.07) is 10.1. The van der Waals surface area contributed by atoms with Crippen LogP contribution in [-0.4, -0.2) is 18.5 Å². The van der Waals surface area contributed by atoms with Gasteiger partial charge in [-0.2, -0.15) is 13.2 Å². The van der Waals surface area contributed by atoms with Crippen LogP contribution in [0.2, 0.25) is 5.02 Å². The first-order chi connectivity index (χ1) is 13.6. The molecule has 154 valence electrons. The smallest absolute Gasteiger partial charge is 0.416 e. The summed E-state index contributed by atoms with van der Waals surface area (Å²) < 4.78 is 43.0. The van der Waals surface area contributed by atoms with Crippen molar-refractivity contribution in [1.82, 2.24) is 0 Å². The van der Waals surface area contributed by atoms with E-state index in [0.717, 1.165) is 29.3 Å². The maximum atomic E-state index is 12.7. The summed E-state index contributed by atoms with van der Waals surface area (Å²) in [6.07, 6.45) is -1.88. The third kappa shape index (κ3) is 6.94. The Balaban J connectivity index is 1.89. The average molecular weight is 426 g/mol. The number of rotatable bonds is 6. The number of carbonyl (C=O) groups excluding carboxylic acids is 2. The minimum atomic E-state index is -4.57.